The number of carbonyl (C=O) groups excluding carboxylic acids is 2. The van der Waals surface area contributed by atoms with Gasteiger partial charge in [-0.25, -0.2) is 4.57 Å². The summed E-state index contributed by atoms with van der Waals surface area (Å²) in [5.41, 5.74) is 0. The molecule has 0 radical (unpaired) electrons. The fourth-order valence-electron chi connectivity index (χ4n) is 12.5. The average Bonchev–Trinajstić information content (AvgIpc) is 0.913. The normalized spacial score (nSPS) is 13.6. The van der Waals surface area contributed by atoms with Gasteiger partial charge in [0, 0.05) is 12.8 Å². The smallest absolute Gasteiger partial charge is 0.462 e. The molecular formula is C92H165NO8P+. The maximum Gasteiger partial charge on any atom is 0.472 e. The van der Waals surface area contributed by atoms with Crippen molar-refractivity contribution in [2.24, 2.45) is 0 Å². The fraction of sp³-hybridized carbons (Fsp3) is 0.761. The van der Waals surface area contributed by atoms with E-state index in [1.54, 1.807) is 0 Å². The molecule has 0 aliphatic heterocycles. The molecule has 0 saturated heterocycles. The Morgan fingerprint density at radius 2 is 0.559 bits per heavy atom. The number of quaternary nitrogens is 1. The van der Waals surface area contributed by atoms with Crippen LogP contribution in [0.1, 0.15) is 399 Å². The summed E-state index contributed by atoms with van der Waals surface area (Å²) in [6, 6.07) is 0. The van der Waals surface area contributed by atoms with Crippen molar-refractivity contribution in [2.45, 2.75) is 405 Å². The standard InChI is InChI=1S/C92H164NO8P/c1-6-8-10-12-14-16-18-20-22-24-26-28-30-32-34-36-38-40-42-44-45-46-47-49-50-52-54-56-58-60-62-64-66-68-70-72-74-76-78-80-82-84-91(94)98-88-90(89-100-102(96,97)99-87-86-93(3,4)5)101-92(95)85-83-81-79-77-75-73-71-69-67-65-63-61-59-57-55-53-51-48-43-41-39-37-35-33-31-29-27-25-23-21-19-17-15-13-11-9-7-2/h9,11,15,17,21,23,27,29,33,35,39,41,48,51,55,57,61,63,67,69,90H,6-8,10,12-14,16,18-20,22,24-26,28,30-32,34,36-38,40,42-47,49-50,52-54,56,58-60,62,64-66,68,70-89H2,1-5H3/p+1/b11-9-,17-15-,23-21-,29-27-,35-33-,41-39-,51-48-,57-55-,63-61-,69-67-. The van der Waals surface area contributed by atoms with E-state index in [-0.39, 0.29) is 32.0 Å². The largest absolute Gasteiger partial charge is 0.472 e. The van der Waals surface area contributed by atoms with Crippen molar-refractivity contribution in [3.63, 3.8) is 0 Å². The highest BCUT2D eigenvalue weighted by Gasteiger charge is 2.27. The highest BCUT2D eigenvalue weighted by atomic mass is 31.2. The Hall–Kier alpha value is -3.59. The Morgan fingerprint density at radius 3 is 0.833 bits per heavy atom. The van der Waals surface area contributed by atoms with E-state index in [9.17, 15) is 19.0 Å². The zero-order valence-corrected chi connectivity index (χ0v) is 68.5. The van der Waals surface area contributed by atoms with Crippen LogP contribution in [0.4, 0.5) is 0 Å². The molecule has 0 aliphatic rings. The lowest BCUT2D eigenvalue weighted by molar-refractivity contribution is -0.870. The summed E-state index contributed by atoms with van der Waals surface area (Å²) in [5, 5.41) is 0. The minimum Gasteiger partial charge on any atom is -0.462 e. The minimum atomic E-state index is -4.41. The Kier molecular flexibility index (Phi) is 78.6. The van der Waals surface area contributed by atoms with Crippen molar-refractivity contribution in [3.05, 3.63) is 122 Å². The van der Waals surface area contributed by atoms with Crippen molar-refractivity contribution in [1.29, 1.82) is 0 Å². The van der Waals surface area contributed by atoms with E-state index in [0.717, 1.165) is 122 Å². The first-order valence-corrected chi connectivity index (χ1v) is 44.8. The van der Waals surface area contributed by atoms with E-state index < -0.39 is 26.5 Å². The third kappa shape index (κ3) is 85.3. The molecule has 0 heterocycles. The van der Waals surface area contributed by atoms with Crippen LogP contribution in [0, 0.1) is 0 Å². The van der Waals surface area contributed by atoms with Gasteiger partial charge in [-0.3, -0.25) is 18.6 Å². The summed E-state index contributed by atoms with van der Waals surface area (Å²) in [5.74, 6) is -0.806. The number of phosphoric acid groups is 1. The van der Waals surface area contributed by atoms with Gasteiger partial charge in [0.15, 0.2) is 6.10 Å². The van der Waals surface area contributed by atoms with Gasteiger partial charge in [-0.2, -0.15) is 0 Å². The van der Waals surface area contributed by atoms with Crippen molar-refractivity contribution >= 4 is 19.8 Å². The van der Waals surface area contributed by atoms with E-state index >= 15 is 0 Å². The van der Waals surface area contributed by atoms with Crippen LogP contribution in [-0.2, 0) is 32.7 Å². The average molecular weight is 1440 g/mol. The SMILES string of the molecule is CC/C=C\C/C=C\C/C=C\C/C=C\C/C=C\C/C=C\C/C=C\C/C=C\C/C=C\C/C=C\CCCCCCCCC(=O)OC(COC(=O)CCCCCCCCCCCCCCCCCCCCCCCCCCCCCCCCCCCCCCCCCCC)COP(=O)(O)OCC[N+](C)(C)C. The Balaban J connectivity index is 3.96. The van der Waals surface area contributed by atoms with Crippen LogP contribution in [0.25, 0.3) is 0 Å². The number of nitrogens with zero attached hydrogens (tertiary/aromatic N) is 1. The Labute approximate surface area is 632 Å². The molecule has 0 saturated carbocycles. The van der Waals surface area contributed by atoms with Crippen molar-refractivity contribution in [3.8, 4) is 0 Å². The quantitative estimate of drug-likeness (QED) is 0.0211. The first kappa shape index (κ1) is 98.4. The molecule has 590 valence electrons. The van der Waals surface area contributed by atoms with E-state index in [0.29, 0.717) is 17.4 Å². The molecule has 0 rings (SSSR count). The summed E-state index contributed by atoms with van der Waals surface area (Å²) in [4.78, 5) is 36.0. The second-order valence-corrected chi connectivity index (χ2v) is 31.7. The zero-order valence-electron chi connectivity index (χ0n) is 67.6. The van der Waals surface area contributed by atoms with Crippen LogP contribution in [-0.4, -0.2) is 74.9 Å². The molecule has 0 aromatic heterocycles. The summed E-state index contributed by atoms with van der Waals surface area (Å²) in [6.07, 6.45) is 118. The molecule has 0 spiro atoms. The number of hydrogen-bond donors (Lipinski definition) is 1. The summed E-state index contributed by atoms with van der Waals surface area (Å²) >= 11 is 0. The van der Waals surface area contributed by atoms with Gasteiger partial charge in [0.25, 0.3) is 0 Å². The summed E-state index contributed by atoms with van der Waals surface area (Å²) in [6.45, 7) is 4.35. The highest BCUT2D eigenvalue weighted by Crippen LogP contribution is 2.43. The van der Waals surface area contributed by atoms with Crippen LogP contribution >= 0.6 is 7.82 Å². The van der Waals surface area contributed by atoms with Crippen LogP contribution in [0.5, 0.6) is 0 Å². The molecule has 2 atom stereocenters. The summed E-state index contributed by atoms with van der Waals surface area (Å²) < 4.78 is 34.8. The predicted octanol–water partition coefficient (Wildman–Crippen LogP) is 29.3. The molecule has 0 aliphatic carbocycles. The third-order valence-corrected chi connectivity index (χ3v) is 20.0. The molecule has 1 N–H and O–H groups in total. The Morgan fingerprint density at radius 1 is 0.314 bits per heavy atom. The first-order valence-electron chi connectivity index (χ1n) is 43.3. The van der Waals surface area contributed by atoms with Gasteiger partial charge in [-0.05, 0) is 89.9 Å². The van der Waals surface area contributed by atoms with Gasteiger partial charge in [0.05, 0.1) is 27.7 Å². The Bertz CT molecular complexity index is 2140. The van der Waals surface area contributed by atoms with Crippen molar-refractivity contribution in [1.82, 2.24) is 0 Å². The zero-order chi connectivity index (χ0) is 74.0. The van der Waals surface area contributed by atoms with Gasteiger partial charge in [-0.1, -0.05) is 418 Å². The molecule has 9 nitrogen and oxygen atoms in total. The lowest BCUT2D eigenvalue weighted by Gasteiger charge is -2.24. The number of rotatable bonds is 80. The molecule has 10 heteroatoms. The molecule has 0 amide bonds. The molecule has 0 aromatic carbocycles. The number of unbranched alkanes of at least 4 members (excludes halogenated alkanes) is 46. The van der Waals surface area contributed by atoms with Gasteiger partial charge >= 0.3 is 19.8 Å². The number of phosphoric ester groups is 1. The first-order chi connectivity index (χ1) is 50.0. The lowest BCUT2D eigenvalue weighted by Crippen LogP contribution is -2.37. The monoisotopic (exact) mass is 1440 g/mol. The van der Waals surface area contributed by atoms with E-state index in [1.807, 2.05) is 21.1 Å². The van der Waals surface area contributed by atoms with Crippen LogP contribution in [0.15, 0.2) is 122 Å². The maximum atomic E-state index is 12.9. The topological polar surface area (TPSA) is 108 Å². The fourth-order valence-corrected chi connectivity index (χ4v) is 13.2. The number of carbonyl (C=O) groups is 2. The van der Waals surface area contributed by atoms with E-state index in [4.69, 9.17) is 18.5 Å². The highest BCUT2D eigenvalue weighted by molar-refractivity contribution is 7.47. The predicted molar refractivity (Wildman–Crippen MR) is 445 cm³/mol. The number of ether oxygens (including phenoxy) is 2. The van der Waals surface area contributed by atoms with Gasteiger partial charge in [-0.15, -0.1) is 0 Å². The van der Waals surface area contributed by atoms with E-state index in [2.05, 4.69) is 135 Å². The number of hydrogen-bond acceptors (Lipinski definition) is 7. The second kappa shape index (κ2) is 81.5. The van der Waals surface area contributed by atoms with Crippen LogP contribution < -0.4 is 0 Å². The second-order valence-electron chi connectivity index (χ2n) is 30.2. The number of esters is 2. The molecule has 0 bridgehead atoms. The van der Waals surface area contributed by atoms with Gasteiger partial charge < -0.3 is 18.9 Å². The van der Waals surface area contributed by atoms with Gasteiger partial charge in [0.2, 0.25) is 0 Å². The number of likely N-dealkylation sites (N-methyl/N-ethyl adjacent to an activating group) is 1. The number of allylic oxidation sites excluding steroid dienone is 20. The molecular weight excluding hydrogens is 1280 g/mol. The van der Waals surface area contributed by atoms with E-state index in [1.165, 1.54) is 244 Å². The van der Waals surface area contributed by atoms with Crippen LogP contribution in [0.2, 0.25) is 0 Å². The summed E-state index contributed by atoms with van der Waals surface area (Å²) in [7, 11) is 1.47. The molecule has 0 fully saturated rings. The molecule has 2 unspecified atom stereocenters. The lowest BCUT2D eigenvalue weighted by atomic mass is 10.0. The minimum absolute atomic E-state index is 0.0245. The van der Waals surface area contributed by atoms with Crippen molar-refractivity contribution in [2.75, 3.05) is 47.5 Å². The maximum absolute atomic E-state index is 12.9. The van der Waals surface area contributed by atoms with Crippen molar-refractivity contribution < 1.29 is 42.1 Å². The van der Waals surface area contributed by atoms with Gasteiger partial charge in [0.1, 0.15) is 19.8 Å². The molecule has 0 aromatic rings. The molecule has 102 heavy (non-hydrogen) atoms. The van der Waals surface area contributed by atoms with Crippen LogP contribution in [0.3, 0.4) is 0 Å². The third-order valence-electron chi connectivity index (χ3n) is 19.0.